The van der Waals surface area contributed by atoms with E-state index in [4.69, 9.17) is 0 Å². The predicted molar refractivity (Wildman–Crippen MR) is 256 cm³/mol. The van der Waals surface area contributed by atoms with Crippen LogP contribution in [0.25, 0.3) is 0 Å². The number of nitrogens with one attached hydrogen (secondary N) is 2. The van der Waals surface area contributed by atoms with Gasteiger partial charge in [-0.1, -0.05) is 140 Å². The zero-order chi connectivity index (χ0) is 46.1. The smallest absolute Gasteiger partial charge is 0.264 e. The number of aryl methyl sites for hydroxylation is 3. The van der Waals surface area contributed by atoms with Crippen molar-refractivity contribution in [3.63, 3.8) is 0 Å². The molecule has 338 valence electrons. The van der Waals surface area contributed by atoms with Gasteiger partial charge in [-0.25, -0.2) is 30.0 Å². The van der Waals surface area contributed by atoms with E-state index >= 15 is 8.42 Å². The fraction of sp³-hybridized carbons (Fsp3) is 0.280. The molecular formula is C50H58N4O7S3. The van der Waals surface area contributed by atoms with E-state index in [1.807, 2.05) is 95.3 Å². The van der Waals surface area contributed by atoms with Crippen LogP contribution in [-0.4, -0.2) is 72.5 Å². The van der Waals surface area contributed by atoms with Crippen LogP contribution in [0.3, 0.4) is 0 Å². The van der Waals surface area contributed by atoms with Crippen LogP contribution in [0.15, 0.2) is 172 Å². The van der Waals surface area contributed by atoms with Gasteiger partial charge in [0.05, 0.1) is 45.3 Å². The molecule has 64 heavy (non-hydrogen) atoms. The summed E-state index contributed by atoms with van der Waals surface area (Å²) in [4.78, 5) is 0.137. The van der Waals surface area contributed by atoms with Crippen LogP contribution in [0, 0.1) is 26.7 Å². The minimum Gasteiger partial charge on any atom is -0.395 e. The molecule has 6 aromatic carbocycles. The zero-order valence-electron chi connectivity index (χ0n) is 36.9. The standard InChI is InChI=1S/C50H58N4O7S3/c1-37(2)50(36-55)54(64(60,61)47-30-24-40(5)25-31-47)34-43(32-41-14-8-6-9-15-41)51-48-18-12-13-19-49(48)53(63(58,59)46-28-22-39(4)23-29-46)35-44(33-42-16-10-7-11-17-42)52-62(56,57)45-26-20-38(3)21-27-45/h6-31,37,43-44,50-52,55H,32-36H2,1-5H3/t43-,44-,50+/m0/s1. The minimum absolute atomic E-state index is 0.00618. The van der Waals surface area contributed by atoms with E-state index in [1.54, 1.807) is 72.8 Å². The predicted octanol–water partition coefficient (Wildman–Crippen LogP) is 8.13. The van der Waals surface area contributed by atoms with Crippen LogP contribution in [0.1, 0.15) is 41.7 Å². The topological polar surface area (TPSA) is 153 Å². The van der Waals surface area contributed by atoms with Crippen LogP contribution in [0.2, 0.25) is 0 Å². The first-order valence-corrected chi connectivity index (χ1v) is 25.7. The second-order valence-electron chi connectivity index (χ2n) is 16.6. The molecule has 14 heteroatoms. The molecule has 0 saturated carbocycles. The fourth-order valence-corrected chi connectivity index (χ4v) is 12.2. The summed E-state index contributed by atoms with van der Waals surface area (Å²) >= 11 is 0. The first kappa shape index (κ1) is 48.1. The molecule has 0 bridgehead atoms. The summed E-state index contributed by atoms with van der Waals surface area (Å²) in [6.07, 6.45) is 0.477. The lowest BCUT2D eigenvalue weighted by Gasteiger charge is -2.36. The number of aliphatic hydroxyl groups is 1. The lowest BCUT2D eigenvalue weighted by atomic mass is 10.0. The summed E-state index contributed by atoms with van der Waals surface area (Å²) in [7, 11) is -12.7. The first-order valence-electron chi connectivity index (χ1n) is 21.3. The van der Waals surface area contributed by atoms with Gasteiger partial charge in [-0.15, -0.1) is 0 Å². The summed E-state index contributed by atoms with van der Waals surface area (Å²) < 4.78 is 93.1. The molecule has 11 nitrogen and oxygen atoms in total. The van der Waals surface area contributed by atoms with Crippen molar-refractivity contribution < 1.29 is 30.4 Å². The van der Waals surface area contributed by atoms with Gasteiger partial charge in [0.1, 0.15) is 0 Å². The number of anilines is 2. The minimum atomic E-state index is -4.40. The Labute approximate surface area is 380 Å². The third-order valence-electron chi connectivity index (χ3n) is 11.2. The number of hydrogen-bond acceptors (Lipinski definition) is 8. The number of benzene rings is 6. The highest BCUT2D eigenvalue weighted by Gasteiger charge is 2.36. The van der Waals surface area contributed by atoms with Gasteiger partial charge in [-0.05, 0) is 99.2 Å². The van der Waals surface area contributed by atoms with Crippen molar-refractivity contribution in [1.29, 1.82) is 0 Å². The number of aliphatic hydroxyl groups excluding tert-OH is 1. The van der Waals surface area contributed by atoms with Crippen molar-refractivity contribution in [2.75, 3.05) is 29.3 Å². The van der Waals surface area contributed by atoms with Gasteiger partial charge in [-0.3, -0.25) is 4.31 Å². The number of rotatable bonds is 21. The van der Waals surface area contributed by atoms with Crippen LogP contribution >= 0.6 is 0 Å². The second-order valence-corrected chi connectivity index (χ2v) is 22.1. The molecule has 6 rings (SSSR count). The summed E-state index contributed by atoms with van der Waals surface area (Å²) in [5.41, 5.74) is 4.93. The van der Waals surface area contributed by atoms with Crippen LogP contribution < -0.4 is 14.3 Å². The molecule has 0 unspecified atom stereocenters. The van der Waals surface area contributed by atoms with Gasteiger partial charge in [-0.2, -0.15) is 4.31 Å². The third kappa shape index (κ3) is 12.1. The number of nitrogens with zero attached hydrogens (tertiary/aromatic N) is 2. The Morgan fingerprint density at radius 2 is 0.953 bits per heavy atom. The Kier molecular flexibility index (Phi) is 15.9. The number of sulfonamides is 3. The van der Waals surface area contributed by atoms with Gasteiger partial charge in [0.2, 0.25) is 20.0 Å². The molecule has 3 atom stereocenters. The second kappa shape index (κ2) is 21.1. The van der Waals surface area contributed by atoms with Crippen LogP contribution in [-0.2, 0) is 42.9 Å². The largest absolute Gasteiger partial charge is 0.395 e. The van der Waals surface area contributed by atoms with E-state index in [2.05, 4.69) is 10.0 Å². The summed E-state index contributed by atoms with van der Waals surface area (Å²) in [6.45, 7) is 8.48. The summed E-state index contributed by atoms with van der Waals surface area (Å²) in [5, 5.41) is 14.3. The molecule has 0 aliphatic carbocycles. The molecule has 0 aliphatic heterocycles. The third-order valence-corrected chi connectivity index (χ3v) is 16.4. The normalized spacial score (nSPS) is 13.7. The molecule has 0 spiro atoms. The Balaban J connectivity index is 1.48. The Morgan fingerprint density at radius 1 is 0.516 bits per heavy atom. The van der Waals surface area contributed by atoms with Gasteiger partial charge >= 0.3 is 0 Å². The number of para-hydroxylation sites is 2. The van der Waals surface area contributed by atoms with Crippen molar-refractivity contribution in [2.45, 2.75) is 80.3 Å². The van der Waals surface area contributed by atoms with E-state index in [9.17, 15) is 21.9 Å². The lowest BCUT2D eigenvalue weighted by Crippen LogP contribution is -2.50. The Hall–Kier alpha value is -5.35. The molecular weight excluding hydrogens is 865 g/mol. The maximum Gasteiger partial charge on any atom is 0.264 e. The molecule has 0 fully saturated rings. The van der Waals surface area contributed by atoms with E-state index in [-0.39, 0.29) is 45.8 Å². The molecule has 0 aromatic heterocycles. The van der Waals surface area contributed by atoms with Gasteiger partial charge in [0.15, 0.2) is 0 Å². The quantitative estimate of drug-likeness (QED) is 0.0655. The maximum absolute atomic E-state index is 15.1. The average molecular weight is 923 g/mol. The SMILES string of the molecule is Cc1ccc(S(=O)(=O)N[C@@H](Cc2ccccc2)CN(c2ccccc2N[C@@H](Cc2ccccc2)CN([C@H](CO)C(C)C)S(=O)(=O)c2ccc(C)cc2)S(=O)(=O)c2ccc(C)cc2)cc1. The molecule has 0 radical (unpaired) electrons. The summed E-state index contributed by atoms with van der Waals surface area (Å²) in [5.74, 6) is -0.268. The Bertz CT molecular complexity index is 2770. The molecule has 3 N–H and O–H groups in total. The van der Waals surface area contributed by atoms with E-state index < -0.39 is 54.8 Å². The molecule has 0 heterocycles. The highest BCUT2D eigenvalue weighted by molar-refractivity contribution is 7.93. The summed E-state index contributed by atoms with van der Waals surface area (Å²) in [6, 6.07) is 42.8. The average Bonchev–Trinajstić information content (AvgIpc) is 3.26. The zero-order valence-corrected chi connectivity index (χ0v) is 39.3. The first-order chi connectivity index (χ1) is 30.5. The molecule has 0 aliphatic rings. The molecule has 0 amide bonds. The molecule has 6 aromatic rings. The van der Waals surface area contributed by atoms with Crippen molar-refractivity contribution in [3.8, 4) is 0 Å². The Morgan fingerprint density at radius 3 is 1.44 bits per heavy atom. The van der Waals surface area contributed by atoms with E-state index in [0.29, 0.717) is 12.1 Å². The highest BCUT2D eigenvalue weighted by atomic mass is 32.2. The van der Waals surface area contributed by atoms with E-state index in [1.165, 1.54) is 32.9 Å². The van der Waals surface area contributed by atoms with Crippen molar-refractivity contribution in [1.82, 2.24) is 9.03 Å². The van der Waals surface area contributed by atoms with Crippen molar-refractivity contribution in [2.24, 2.45) is 5.92 Å². The van der Waals surface area contributed by atoms with E-state index in [0.717, 1.165) is 27.8 Å². The monoisotopic (exact) mass is 922 g/mol. The fourth-order valence-electron chi connectivity index (χ4n) is 7.61. The van der Waals surface area contributed by atoms with Gasteiger partial charge < -0.3 is 10.4 Å². The van der Waals surface area contributed by atoms with Gasteiger partial charge in [0.25, 0.3) is 10.0 Å². The van der Waals surface area contributed by atoms with Gasteiger partial charge in [0, 0.05) is 18.6 Å². The highest BCUT2D eigenvalue weighted by Crippen LogP contribution is 2.34. The molecule has 0 saturated heterocycles. The van der Waals surface area contributed by atoms with Crippen LogP contribution in [0.5, 0.6) is 0 Å². The van der Waals surface area contributed by atoms with Crippen molar-refractivity contribution in [3.05, 3.63) is 186 Å². The maximum atomic E-state index is 15.1. The van der Waals surface area contributed by atoms with Crippen LogP contribution in [0.4, 0.5) is 11.4 Å². The number of hydrogen-bond donors (Lipinski definition) is 3. The lowest BCUT2D eigenvalue weighted by molar-refractivity contribution is 0.149. The van der Waals surface area contributed by atoms with Crippen molar-refractivity contribution >= 4 is 41.4 Å².